The number of piperidine rings is 1. The molecule has 1 aliphatic carbocycles. The van der Waals surface area contributed by atoms with Crippen LogP contribution in [0.2, 0.25) is 0 Å². The molecule has 0 N–H and O–H groups in total. The zero-order valence-corrected chi connectivity index (χ0v) is 13.3. The SMILES string of the molecule is COCCC1COC2(CCCN(C(=O)C3CCCC3)C2)C1. The van der Waals surface area contributed by atoms with Crippen molar-refractivity contribution in [2.45, 2.75) is 57.0 Å². The molecule has 3 rings (SSSR count). The molecule has 1 saturated carbocycles. The molecule has 0 bridgehead atoms. The number of likely N-dealkylation sites (tertiary alicyclic amines) is 1. The van der Waals surface area contributed by atoms with E-state index in [1.54, 1.807) is 7.11 Å². The zero-order valence-electron chi connectivity index (χ0n) is 13.3. The molecule has 120 valence electrons. The third-order valence-corrected chi connectivity index (χ3v) is 5.57. The molecule has 0 aromatic heterocycles. The second-order valence-corrected chi connectivity index (χ2v) is 7.19. The van der Waals surface area contributed by atoms with E-state index in [1.807, 2.05) is 0 Å². The van der Waals surface area contributed by atoms with Crippen molar-refractivity contribution in [3.05, 3.63) is 0 Å². The quantitative estimate of drug-likeness (QED) is 0.800. The second-order valence-electron chi connectivity index (χ2n) is 7.19. The van der Waals surface area contributed by atoms with Crippen LogP contribution in [0.3, 0.4) is 0 Å². The maximum atomic E-state index is 12.6. The molecule has 3 aliphatic rings. The van der Waals surface area contributed by atoms with E-state index in [-0.39, 0.29) is 5.60 Å². The number of hydrogen-bond acceptors (Lipinski definition) is 3. The van der Waals surface area contributed by atoms with Crippen LogP contribution in [0.5, 0.6) is 0 Å². The first-order valence-corrected chi connectivity index (χ1v) is 8.64. The summed E-state index contributed by atoms with van der Waals surface area (Å²) in [5.41, 5.74) is -0.0507. The standard InChI is InChI=1S/C17H29NO3/c1-20-10-7-14-11-17(21-12-14)8-4-9-18(13-17)16(19)15-5-2-3-6-15/h14-15H,2-13H2,1H3. The molecule has 3 fully saturated rings. The van der Waals surface area contributed by atoms with Crippen LogP contribution in [0.25, 0.3) is 0 Å². The lowest BCUT2D eigenvalue weighted by Crippen LogP contribution is -2.51. The summed E-state index contributed by atoms with van der Waals surface area (Å²) in [4.78, 5) is 14.8. The van der Waals surface area contributed by atoms with Gasteiger partial charge in [0, 0.05) is 32.7 Å². The average molecular weight is 295 g/mol. The number of rotatable bonds is 4. The van der Waals surface area contributed by atoms with E-state index >= 15 is 0 Å². The predicted octanol–water partition coefficient (Wildman–Crippen LogP) is 2.61. The van der Waals surface area contributed by atoms with E-state index < -0.39 is 0 Å². The Labute approximate surface area is 128 Å². The van der Waals surface area contributed by atoms with Gasteiger partial charge in [-0.1, -0.05) is 12.8 Å². The monoisotopic (exact) mass is 295 g/mol. The summed E-state index contributed by atoms with van der Waals surface area (Å²) in [7, 11) is 1.76. The highest BCUT2D eigenvalue weighted by atomic mass is 16.5. The molecule has 1 amide bonds. The number of hydrogen-bond donors (Lipinski definition) is 0. The van der Waals surface area contributed by atoms with E-state index in [0.717, 1.165) is 64.8 Å². The Hall–Kier alpha value is -0.610. The van der Waals surface area contributed by atoms with E-state index in [0.29, 0.717) is 17.7 Å². The molecule has 2 saturated heterocycles. The van der Waals surface area contributed by atoms with Gasteiger partial charge < -0.3 is 14.4 Å². The molecule has 4 nitrogen and oxygen atoms in total. The van der Waals surface area contributed by atoms with Crippen LogP contribution in [0.15, 0.2) is 0 Å². The summed E-state index contributed by atoms with van der Waals surface area (Å²) < 4.78 is 11.4. The molecule has 1 spiro atoms. The molecular weight excluding hydrogens is 266 g/mol. The normalized spacial score (nSPS) is 34.0. The fourth-order valence-corrected chi connectivity index (χ4v) is 4.41. The van der Waals surface area contributed by atoms with Crippen LogP contribution in [0.1, 0.15) is 51.4 Å². The summed E-state index contributed by atoms with van der Waals surface area (Å²) in [6, 6.07) is 0. The van der Waals surface area contributed by atoms with E-state index in [1.165, 1.54) is 12.8 Å². The lowest BCUT2D eigenvalue weighted by atomic mass is 9.85. The minimum absolute atomic E-state index is 0.0507. The molecule has 0 radical (unpaired) electrons. The van der Waals surface area contributed by atoms with Crippen molar-refractivity contribution in [2.24, 2.45) is 11.8 Å². The van der Waals surface area contributed by atoms with Crippen molar-refractivity contribution < 1.29 is 14.3 Å². The Morgan fingerprint density at radius 1 is 1.33 bits per heavy atom. The van der Waals surface area contributed by atoms with Crippen molar-refractivity contribution in [1.29, 1.82) is 0 Å². The van der Waals surface area contributed by atoms with E-state index in [9.17, 15) is 4.79 Å². The smallest absolute Gasteiger partial charge is 0.225 e. The van der Waals surface area contributed by atoms with Crippen molar-refractivity contribution in [1.82, 2.24) is 4.90 Å². The summed E-state index contributed by atoms with van der Waals surface area (Å²) in [5.74, 6) is 1.30. The van der Waals surface area contributed by atoms with Crippen LogP contribution in [-0.2, 0) is 14.3 Å². The van der Waals surface area contributed by atoms with Gasteiger partial charge in [0.15, 0.2) is 0 Å². The summed E-state index contributed by atoms with van der Waals surface area (Å²) >= 11 is 0. The number of nitrogens with zero attached hydrogens (tertiary/aromatic N) is 1. The summed E-state index contributed by atoms with van der Waals surface area (Å²) in [5, 5.41) is 0. The number of carbonyl (C=O) groups excluding carboxylic acids is 1. The van der Waals surface area contributed by atoms with Gasteiger partial charge in [0.25, 0.3) is 0 Å². The van der Waals surface area contributed by atoms with Gasteiger partial charge >= 0.3 is 0 Å². The molecule has 0 aromatic rings. The number of amides is 1. The molecule has 0 aromatic carbocycles. The molecule has 2 aliphatic heterocycles. The molecular formula is C17H29NO3. The van der Waals surface area contributed by atoms with Gasteiger partial charge in [0.1, 0.15) is 0 Å². The molecule has 2 atom stereocenters. The number of methoxy groups -OCH3 is 1. The Kier molecular flexibility index (Phi) is 4.85. The first-order chi connectivity index (χ1) is 10.2. The van der Waals surface area contributed by atoms with Crippen molar-refractivity contribution >= 4 is 5.91 Å². The molecule has 21 heavy (non-hydrogen) atoms. The minimum atomic E-state index is -0.0507. The molecule has 2 unspecified atom stereocenters. The minimum Gasteiger partial charge on any atom is -0.385 e. The fourth-order valence-electron chi connectivity index (χ4n) is 4.41. The number of ether oxygens (including phenoxy) is 2. The van der Waals surface area contributed by atoms with Crippen LogP contribution < -0.4 is 0 Å². The van der Waals surface area contributed by atoms with Crippen molar-refractivity contribution in [3.8, 4) is 0 Å². The van der Waals surface area contributed by atoms with Crippen LogP contribution in [0.4, 0.5) is 0 Å². The van der Waals surface area contributed by atoms with Crippen LogP contribution in [0, 0.1) is 11.8 Å². The van der Waals surface area contributed by atoms with Gasteiger partial charge in [0.2, 0.25) is 5.91 Å². The third-order valence-electron chi connectivity index (χ3n) is 5.57. The predicted molar refractivity (Wildman–Crippen MR) is 81.1 cm³/mol. The highest BCUT2D eigenvalue weighted by Gasteiger charge is 2.45. The lowest BCUT2D eigenvalue weighted by molar-refractivity contribution is -0.143. The van der Waals surface area contributed by atoms with Gasteiger partial charge in [0.05, 0.1) is 12.2 Å². The Morgan fingerprint density at radius 2 is 2.14 bits per heavy atom. The highest BCUT2D eigenvalue weighted by Crippen LogP contribution is 2.39. The molecule has 4 heteroatoms. The Bertz CT molecular complexity index is 367. The van der Waals surface area contributed by atoms with E-state index in [2.05, 4.69) is 4.90 Å². The van der Waals surface area contributed by atoms with Gasteiger partial charge in [-0.25, -0.2) is 0 Å². The highest BCUT2D eigenvalue weighted by molar-refractivity contribution is 5.79. The second kappa shape index (κ2) is 6.66. The largest absolute Gasteiger partial charge is 0.385 e. The van der Waals surface area contributed by atoms with Gasteiger partial charge in [-0.3, -0.25) is 4.79 Å². The van der Waals surface area contributed by atoms with Gasteiger partial charge in [-0.15, -0.1) is 0 Å². The Balaban J connectivity index is 1.56. The topological polar surface area (TPSA) is 38.8 Å². The maximum absolute atomic E-state index is 12.6. The van der Waals surface area contributed by atoms with E-state index in [4.69, 9.17) is 9.47 Å². The first-order valence-electron chi connectivity index (χ1n) is 8.64. The Morgan fingerprint density at radius 3 is 2.90 bits per heavy atom. The van der Waals surface area contributed by atoms with Crippen molar-refractivity contribution in [2.75, 3.05) is 33.4 Å². The molecule has 2 heterocycles. The maximum Gasteiger partial charge on any atom is 0.225 e. The van der Waals surface area contributed by atoms with Crippen LogP contribution in [-0.4, -0.2) is 49.8 Å². The summed E-state index contributed by atoms with van der Waals surface area (Å²) in [6.07, 6.45) is 9.04. The lowest BCUT2D eigenvalue weighted by Gasteiger charge is -2.40. The zero-order chi connectivity index (χ0) is 14.7. The summed E-state index contributed by atoms with van der Waals surface area (Å²) in [6.45, 7) is 3.42. The van der Waals surface area contributed by atoms with Gasteiger partial charge in [-0.2, -0.15) is 0 Å². The third kappa shape index (κ3) is 3.42. The van der Waals surface area contributed by atoms with Crippen molar-refractivity contribution in [3.63, 3.8) is 0 Å². The average Bonchev–Trinajstić information content (AvgIpc) is 3.15. The van der Waals surface area contributed by atoms with Gasteiger partial charge in [-0.05, 0) is 44.4 Å². The fraction of sp³-hybridized carbons (Fsp3) is 0.941. The first kappa shape index (κ1) is 15.3. The number of carbonyl (C=O) groups is 1. The van der Waals surface area contributed by atoms with Crippen LogP contribution >= 0.6 is 0 Å².